The minimum Gasteiger partial charge on any atom is -0.399 e. The first kappa shape index (κ1) is 16.3. The lowest BCUT2D eigenvalue weighted by Gasteiger charge is -2.32. The Labute approximate surface area is 137 Å². The molecular weight excluding hydrogens is 294 g/mol. The van der Waals surface area contributed by atoms with E-state index in [2.05, 4.69) is 6.07 Å². The number of benzene rings is 1. The van der Waals surface area contributed by atoms with Crippen molar-refractivity contribution in [3.05, 3.63) is 23.8 Å². The first-order chi connectivity index (χ1) is 10.7. The van der Waals surface area contributed by atoms with Gasteiger partial charge in [0.2, 0.25) is 0 Å². The first-order valence-corrected chi connectivity index (χ1v) is 8.02. The van der Waals surface area contributed by atoms with Crippen molar-refractivity contribution in [1.29, 1.82) is 5.26 Å². The molecule has 23 heavy (non-hydrogen) atoms. The predicted octanol–water partition coefficient (Wildman–Crippen LogP) is 2.41. The molecule has 2 aliphatic heterocycles. The maximum Gasteiger partial charge on any atom is 0.494 e. The van der Waals surface area contributed by atoms with Crippen LogP contribution in [0.25, 0.3) is 0 Å². The molecule has 1 aromatic rings. The molecule has 6 heteroatoms. The minimum absolute atomic E-state index is 0.352. The molecule has 0 unspecified atom stereocenters. The Bertz CT molecular complexity index is 640. The van der Waals surface area contributed by atoms with Crippen LogP contribution < -0.4 is 10.4 Å². The highest BCUT2D eigenvalue weighted by atomic mass is 19.1. The zero-order valence-corrected chi connectivity index (χ0v) is 14.1. The number of anilines is 1. The molecular formula is C17H22BFN2O2. The molecule has 0 N–H and O–H groups in total. The summed E-state index contributed by atoms with van der Waals surface area (Å²) in [6.07, 6.45) is -0.298. The molecule has 122 valence electrons. The van der Waals surface area contributed by atoms with Crippen molar-refractivity contribution in [3.63, 3.8) is 0 Å². The van der Waals surface area contributed by atoms with Gasteiger partial charge in [-0.15, -0.1) is 0 Å². The highest BCUT2D eigenvalue weighted by Crippen LogP contribution is 2.36. The second kappa shape index (κ2) is 5.50. The predicted molar refractivity (Wildman–Crippen MR) is 88.6 cm³/mol. The van der Waals surface area contributed by atoms with Gasteiger partial charge in [-0.1, -0.05) is 6.07 Å². The van der Waals surface area contributed by atoms with Crippen LogP contribution in [0.2, 0.25) is 0 Å². The lowest BCUT2D eigenvalue weighted by Crippen LogP contribution is -2.41. The van der Waals surface area contributed by atoms with Gasteiger partial charge in [-0.3, -0.25) is 0 Å². The summed E-state index contributed by atoms with van der Waals surface area (Å²) < 4.78 is 25.5. The molecule has 1 atom stereocenters. The van der Waals surface area contributed by atoms with Crippen LogP contribution in [-0.2, 0) is 9.31 Å². The lowest BCUT2D eigenvalue weighted by molar-refractivity contribution is 0.00578. The normalized spacial score (nSPS) is 25.7. The van der Waals surface area contributed by atoms with Gasteiger partial charge < -0.3 is 14.2 Å². The highest BCUT2D eigenvalue weighted by molar-refractivity contribution is 6.62. The maximum atomic E-state index is 13.4. The number of nitriles is 1. The van der Waals surface area contributed by atoms with E-state index in [-0.39, 0.29) is 0 Å². The van der Waals surface area contributed by atoms with Gasteiger partial charge in [0.05, 0.1) is 22.5 Å². The summed E-state index contributed by atoms with van der Waals surface area (Å²) in [5, 5.41) is 9.47. The third-order valence-electron chi connectivity index (χ3n) is 5.14. The van der Waals surface area contributed by atoms with E-state index in [4.69, 9.17) is 9.31 Å². The van der Waals surface area contributed by atoms with E-state index in [1.165, 1.54) is 0 Å². The Kier molecular flexibility index (Phi) is 3.90. The molecule has 2 heterocycles. The van der Waals surface area contributed by atoms with E-state index in [0.29, 0.717) is 25.1 Å². The van der Waals surface area contributed by atoms with Gasteiger partial charge in [-0.05, 0) is 51.7 Å². The van der Waals surface area contributed by atoms with E-state index in [1.807, 2.05) is 44.7 Å². The van der Waals surface area contributed by atoms with Gasteiger partial charge in [0.15, 0.2) is 0 Å². The number of hydrogen-bond donors (Lipinski definition) is 0. The van der Waals surface area contributed by atoms with Gasteiger partial charge in [0.25, 0.3) is 0 Å². The minimum atomic E-state index is -0.815. The monoisotopic (exact) mass is 316 g/mol. The molecule has 0 saturated carbocycles. The van der Waals surface area contributed by atoms with Gasteiger partial charge in [0.1, 0.15) is 12.2 Å². The fraction of sp³-hybridized carbons (Fsp3) is 0.588. The second-order valence-corrected chi connectivity index (χ2v) is 7.31. The third-order valence-corrected chi connectivity index (χ3v) is 5.14. The van der Waals surface area contributed by atoms with Crippen molar-refractivity contribution >= 4 is 18.3 Å². The fourth-order valence-corrected chi connectivity index (χ4v) is 2.98. The largest absolute Gasteiger partial charge is 0.494 e. The molecule has 4 nitrogen and oxygen atoms in total. The van der Waals surface area contributed by atoms with E-state index < -0.39 is 24.5 Å². The molecule has 0 aromatic heterocycles. The average molecular weight is 316 g/mol. The Balaban J connectivity index is 1.88. The van der Waals surface area contributed by atoms with E-state index in [1.54, 1.807) is 6.07 Å². The van der Waals surface area contributed by atoms with Crippen molar-refractivity contribution in [2.75, 3.05) is 18.0 Å². The van der Waals surface area contributed by atoms with Crippen molar-refractivity contribution in [2.24, 2.45) is 0 Å². The quantitative estimate of drug-likeness (QED) is 0.786. The van der Waals surface area contributed by atoms with Crippen molar-refractivity contribution < 1.29 is 13.7 Å². The molecule has 2 aliphatic rings. The van der Waals surface area contributed by atoms with Crippen LogP contribution >= 0.6 is 0 Å². The number of nitrogens with zero attached hydrogens (tertiary/aromatic N) is 2. The van der Waals surface area contributed by atoms with E-state index in [0.717, 1.165) is 11.2 Å². The maximum absolute atomic E-state index is 13.4. The van der Waals surface area contributed by atoms with Crippen LogP contribution in [0.1, 0.15) is 39.7 Å². The molecule has 1 aromatic carbocycles. The van der Waals surface area contributed by atoms with Gasteiger partial charge in [-0.2, -0.15) is 5.26 Å². The summed E-state index contributed by atoms with van der Waals surface area (Å²) in [4.78, 5) is 1.93. The zero-order valence-electron chi connectivity index (χ0n) is 14.1. The van der Waals surface area contributed by atoms with Crippen molar-refractivity contribution in [1.82, 2.24) is 0 Å². The third kappa shape index (κ3) is 2.84. The van der Waals surface area contributed by atoms with Crippen molar-refractivity contribution in [3.8, 4) is 6.07 Å². The van der Waals surface area contributed by atoms with Crippen LogP contribution in [0.4, 0.5) is 10.1 Å². The Morgan fingerprint density at radius 2 is 1.91 bits per heavy atom. The van der Waals surface area contributed by atoms with Crippen LogP contribution in [0.5, 0.6) is 0 Å². The van der Waals surface area contributed by atoms with Gasteiger partial charge >= 0.3 is 7.12 Å². The zero-order chi connectivity index (χ0) is 16.8. The second-order valence-electron chi connectivity index (χ2n) is 7.31. The summed E-state index contributed by atoms with van der Waals surface area (Å²) in [5.41, 5.74) is 1.30. The molecule has 0 spiro atoms. The summed E-state index contributed by atoms with van der Waals surface area (Å²) >= 11 is 0. The van der Waals surface area contributed by atoms with E-state index >= 15 is 0 Å². The first-order valence-electron chi connectivity index (χ1n) is 8.02. The summed E-state index contributed by atoms with van der Waals surface area (Å²) in [6.45, 7) is 8.99. The molecule has 2 fully saturated rings. The van der Waals surface area contributed by atoms with Crippen LogP contribution in [0, 0.1) is 11.3 Å². The topological polar surface area (TPSA) is 45.5 Å². The van der Waals surface area contributed by atoms with Crippen LogP contribution in [0.15, 0.2) is 18.2 Å². The SMILES string of the molecule is CC1(C)OB(c2ccc(N3CC[C@H](F)C3)c(C#N)c2)OC1(C)C. The number of hydrogen-bond acceptors (Lipinski definition) is 4. The molecule has 3 rings (SSSR count). The Hall–Kier alpha value is -1.58. The number of rotatable bonds is 2. The fourth-order valence-electron chi connectivity index (χ4n) is 2.98. The molecule has 0 aliphatic carbocycles. The highest BCUT2D eigenvalue weighted by Gasteiger charge is 2.51. The number of alkyl halides is 1. The van der Waals surface area contributed by atoms with Crippen molar-refractivity contribution in [2.45, 2.75) is 51.5 Å². The Morgan fingerprint density at radius 3 is 2.43 bits per heavy atom. The van der Waals surface area contributed by atoms with Crippen LogP contribution in [-0.4, -0.2) is 37.6 Å². The summed E-state index contributed by atoms with van der Waals surface area (Å²) in [5.74, 6) is 0. The lowest BCUT2D eigenvalue weighted by atomic mass is 9.78. The van der Waals surface area contributed by atoms with Gasteiger partial charge in [-0.25, -0.2) is 4.39 Å². The summed E-state index contributed by atoms with van der Waals surface area (Å²) in [7, 11) is -0.492. The molecule has 0 radical (unpaired) electrons. The van der Waals surface area contributed by atoms with Gasteiger partial charge in [0, 0.05) is 13.1 Å². The van der Waals surface area contributed by atoms with Crippen LogP contribution in [0.3, 0.4) is 0 Å². The van der Waals surface area contributed by atoms with E-state index in [9.17, 15) is 9.65 Å². The smallest absolute Gasteiger partial charge is 0.399 e. The summed E-state index contributed by atoms with van der Waals surface area (Å²) in [6, 6.07) is 7.79. The standard InChI is InChI=1S/C17H22BFN2O2/c1-16(2)17(3,4)23-18(22-16)13-5-6-15(12(9-13)10-20)21-8-7-14(19)11-21/h5-6,9,14H,7-8,11H2,1-4H3/t14-/m0/s1. The Morgan fingerprint density at radius 1 is 1.26 bits per heavy atom. The molecule has 0 bridgehead atoms. The number of halogens is 1. The average Bonchev–Trinajstić information content (AvgIpc) is 2.99. The molecule has 0 amide bonds. The molecule has 2 saturated heterocycles.